The van der Waals surface area contributed by atoms with E-state index in [4.69, 9.17) is 11.5 Å². The number of hydrogen-bond donors (Lipinski definition) is 4. The summed E-state index contributed by atoms with van der Waals surface area (Å²) in [6, 6.07) is 9.45. The molecule has 1 atom stereocenters. The molecule has 1 amide bonds. The lowest BCUT2D eigenvalue weighted by Crippen LogP contribution is -2.11. The van der Waals surface area contributed by atoms with E-state index in [1.807, 2.05) is 0 Å². The summed E-state index contributed by atoms with van der Waals surface area (Å²) in [6.07, 6.45) is -0.202. The van der Waals surface area contributed by atoms with E-state index in [0.29, 0.717) is 33.2 Å². The zero-order valence-corrected chi connectivity index (χ0v) is 15.3. The van der Waals surface area contributed by atoms with Crippen LogP contribution in [0.15, 0.2) is 36.4 Å². The zero-order valence-electron chi connectivity index (χ0n) is 14.4. The Morgan fingerprint density at radius 2 is 2.07 bits per heavy atom. The second-order valence-corrected chi connectivity index (χ2v) is 7.11. The molecule has 0 fully saturated rings. The summed E-state index contributed by atoms with van der Waals surface area (Å²) in [6.45, 7) is 1.64. The van der Waals surface area contributed by atoms with Gasteiger partial charge >= 0.3 is 0 Å². The van der Waals surface area contributed by atoms with Gasteiger partial charge < -0.3 is 21.9 Å². The number of thiophene rings is 1. The van der Waals surface area contributed by atoms with Crippen LogP contribution in [-0.4, -0.2) is 27.3 Å². The van der Waals surface area contributed by atoms with E-state index >= 15 is 0 Å². The van der Waals surface area contributed by atoms with Crippen LogP contribution in [-0.2, 0) is 6.42 Å². The smallest absolute Gasteiger partial charge is 0.251 e. The van der Waals surface area contributed by atoms with Crippen LogP contribution in [0.3, 0.4) is 0 Å². The first-order chi connectivity index (χ1) is 12.8. The molecule has 7 nitrogen and oxygen atoms in total. The number of benzene rings is 1. The van der Waals surface area contributed by atoms with Crippen molar-refractivity contribution in [3.63, 3.8) is 0 Å². The number of nitrogens with zero attached hydrogens (tertiary/aromatic N) is 2. The van der Waals surface area contributed by atoms with Crippen molar-refractivity contribution in [3.8, 4) is 10.4 Å². The summed E-state index contributed by atoms with van der Waals surface area (Å²) in [5.41, 5.74) is 12.2. The SMILES string of the molecule is CC(O)Cc1ccc(-c2cc(C(N)=O)c(Nc3ccc(N)nn3)s2)c(F)c1. The Morgan fingerprint density at radius 3 is 2.67 bits per heavy atom. The van der Waals surface area contributed by atoms with Crippen molar-refractivity contribution in [2.45, 2.75) is 19.4 Å². The van der Waals surface area contributed by atoms with Gasteiger partial charge in [0.2, 0.25) is 0 Å². The average Bonchev–Trinajstić information content (AvgIpc) is 3.00. The lowest BCUT2D eigenvalue weighted by Gasteiger charge is -2.07. The molecule has 0 aliphatic carbocycles. The maximum Gasteiger partial charge on any atom is 0.251 e. The first-order valence-corrected chi connectivity index (χ1v) is 8.92. The third-order valence-electron chi connectivity index (χ3n) is 3.75. The summed E-state index contributed by atoms with van der Waals surface area (Å²) in [5, 5.41) is 20.5. The number of anilines is 3. The fraction of sp³-hybridized carbons (Fsp3) is 0.167. The van der Waals surface area contributed by atoms with Gasteiger partial charge in [-0.15, -0.1) is 21.5 Å². The third-order valence-corrected chi connectivity index (χ3v) is 4.84. The highest BCUT2D eigenvalue weighted by atomic mass is 32.1. The summed E-state index contributed by atoms with van der Waals surface area (Å²) >= 11 is 1.17. The first-order valence-electron chi connectivity index (χ1n) is 8.10. The maximum absolute atomic E-state index is 14.6. The molecule has 0 saturated carbocycles. The van der Waals surface area contributed by atoms with E-state index < -0.39 is 17.8 Å². The predicted octanol–water partition coefficient (Wildman–Crippen LogP) is 2.69. The number of nitrogen functional groups attached to an aromatic ring is 1. The Bertz CT molecular complexity index is 972. The number of halogens is 1. The normalized spacial score (nSPS) is 12.0. The van der Waals surface area contributed by atoms with Gasteiger partial charge in [-0.25, -0.2) is 4.39 Å². The number of nitrogens with one attached hydrogen (secondary N) is 1. The van der Waals surface area contributed by atoms with E-state index in [0.717, 1.165) is 0 Å². The number of aliphatic hydroxyl groups is 1. The molecule has 3 rings (SSSR count). The Morgan fingerprint density at radius 1 is 1.30 bits per heavy atom. The fourth-order valence-corrected chi connectivity index (χ4v) is 3.65. The monoisotopic (exact) mass is 387 g/mol. The summed E-state index contributed by atoms with van der Waals surface area (Å²) in [7, 11) is 0. The van der Waals surface area contributed by atoms with E-state index in [9.17, 15) is 14.3 Å². The van der Waals surface area contributed by atoms with Crippen LogP contribution >= 0.6 is 11.3 Å². The van der Waals surface area contributed by atoms with Crippen molar-refractivity contribution in [2.24, 2.45) is 5.73 Å². The Labute approximate surface area is 158 Å². The minimum atomic E-state index is -0.644. The number of carbonyl (C=O) groups excluding carboxylic acids is 1. The van der Waals surface area contributed by atoms with Gasteiger partial charge in [0.1, 0.15) is 16.6 Å². The average molecular weight is 387 g/mol. The van der Waals surface area contributed by atoms with Gasteiger partial charge in [0.25, 0.3) is 5.91 Å². The molecule has 27 heavy (non-hydrogen) atoms. The van der Waals surface area contributed by atoms with Gasteiger partial charge in [-0.1, -0.05) is 12.1 Å². The van der Waals surface area contributed by atoms with Gasteiger partial charge in [0.05, 0.1) is 11.7 Å². The molecule has 9 heteroatoms. The Hall–Kier alpha value is -3.04. The Balaban J connectivity index is 1.95. The summed E-state index contributed by atoms with van der Waals surface area (Å²) in [5.74, 6) is -0.437. The van der Waals surface area contributed by atoms with Gasteiger partial charge in [0, 0.05) is 10.4 Å². The number of nitrogens with two attached hydrogens (primary N) is 2. The van der Waals surface area contributed by atoms with E-state index in [1.165, 1.54) is 23.5 Å². The minimum Gasteiger partial charge on any atom is -0.393 e. The zero-order chi connectivity index (χ0) is 19.6. The van der Waals surface area contributed by atoms with Crippen LogP contribution < -0.4 is 16.8 Å². The standard InChI is InChI=1S/C18H18FN5O2S/c1-9(25)6-10-2-3-11(13(19)7-10)14-8-12(17(21)26)18(27-14)22-16-5-4-15(20)23-24-16/h2-5,7-9,25H,6H2,1H3,(H2,20,23)(H2,21,26)(H,22,24). The highest BCUT2D eigenvalue weighted by Crippen LogP contribution is 2.38. The molecule has 1 unspecified atom stereocenters. The molecule has 1 aromatic carbocycles. The molecule has 0 aliphatic heterocycles. The molecule has 0 bridgehead atoms. The van der Waals surface area contributed by atoms with Crippen LogP contribution in [0.25, 0.3) is 10.4 Å². The topological polar surface area (TPSA) is 127 Å². The van der Waals surface area contributed by atoms with Crippen molar-refractivity contribution in [3.05, 3.63) is 53.3 Å². The van der Waals surface area contributed by atoms with Crippen molar-refractivity contribution in [1.82, 2.24) is 10.2 Å². The number of amides is 1. The van der Waals surface area contributed by atoms with Gasteiger partial charge in [0.15, 0.2) is 5.82 Å². The number of aromatic nitrogens is 2. The molecule has 0 aliphatic rings. The summed E-state index contributed by atoms with van der Waals surface area (Å²) < 4.78 is 14.6. The fourth-order valence-electron chi connectivity index (χ4n) is 2.55. The first kappa shape index (κ1) is 18.7. The highest BCUT2D eigenvalue weighted by molar-refractivity contribution is 7.19. The number of aliphatic hydroxyl groups excluding tert-OH is 1. The van der Waals surface area contributed by atoms with Gasteiger partial charge in [-0.3, -0.25) is 4.79 Å². The summed E-state index contributed by atoms with van der Waals surface area (Å²) in [4.78, 5) is 12.3. The lowest BCUT2D eigenvalue weighted by molar-refractivity contribution is 0.100. The highest BCUT2D eigenvalue weighted by Gasteiger charge is 2.18. The lowest BCUT2D eigenvalue weighted by atomic mass is 10.0. The van der Waals surface area contributed by atoms with Crippen molar-refractivity contribution >= 4 is 33.9 Å². The molecular weight excluding hydrogens is 369 g/mol. The van der Waals surface area contributed by atoms with E-state index in [1.54, 1.807) is 31.2 Å². The quantitative estimate of drug-likeness (QED) is 0.515. The van der Waals surface area contributed by atoms with Crippen LogP contribution in [0, 0.1) is 5.82 Å². The Kier molecular flexibility index (Phi) is 5.33. The van der Waals surface area contributed by atoms with Crippen LogP contribution in [0.1, 0.15) is 22.8 Å². The molecule has 3 aromatic rings. The molecule has 2 aromatic heterocycles. The van der Waals surface area contributed by atoms with Crippen LogP contribution in [0.2, 0.25) is 0 Å². The second-order valence-electron chi connectivity index (χ2n) is 6.05. The predicted molar refractivity (Wildman–Crippen MR) is 103 cm³/mol. The molecule has 140 valence electrons. The second kappa shape index (κ2) is 7.68. The molecule has 6 N–H and O–H groups in total. The van der Waals surface area contributed by atoms with Crippen LogP contribution in [0.5, 0.6) is 0 Å². The minimum absolute atomic E-state index is 0.223. The molecule has 0 saturated heterocycles. The van der Waals surface area contributed by atoms with Gasteiger partial charge in [-0.2, -0.15) is 0 Å². The number of carbonyl (C=O) groups is 1. The van der Waals surface area contributed by atoms with Crippen molar-refractivity contribution < 1.29 is 14.3 Å². The van der Waals surface area contributed by atoms with E-state index in [2.05, 4.69) is 15.5 Å². The number of hydrogen-bond acceptors (Lipinski definition) is 7. The molecule has 2 heterocycles. The van der Waals surface area contributed by atoms with E-state index in [-0.39, 0.29) is 11.4 Å². The van der Waals surface area contributed by atoms with Crippen molar-refractivity contribution in [2.75, 3.05) is 11.1 Å². The molecule has 0 radical (unpaired) electrons. The number of primary amides is 1. The van der Waals surface area contributed by atoms with Gasteiger partial charge in [-0.05, 0) is 43.2 Å². The third kappa shape index (κ3) is 4.39. The molecule has 0 spiro atoms. The molecular formula is C18H18FN5O2S. The maximum atomic E-state index is 14.6. The largest absolute Gasteiger partial charge is 0.393 e. The number of rotatable bonds is 6. The van der Waals surface area contributed by atoms with Crippen molar-refractivity contribution in [1.29, 1.82) is 0 Å². The van der Waals surface area contributed by atoms with Crippen LogP contribution in [0.4, 0.5) is 21.0 Å².